The third kappa shape index (κ3) is 6.05. The van der Waals surface area contributed by atoms with Gasteiger partial charge in [0.15, 0.2) is 11.5 Å². The zero-order valence-electron chi connectivity index (χ0n) is 17.7. The van der Waals surface area contributed by atoms with E-state index in [9.17, 15) is 19.5 Å². The predicted molar refractivity (Wildman–Crippen MR) is 121 cm³/mol. The lowest BCUT2D eigenvalue weighted by atomic mass is 10.1. The molecule has 0 aliphatic rings. The van der Waals surface area contributed by atoms with E-state index in [1.165, 1.54) is 38.8 Å². The minimum Gasteiger partial charge on any atom is -0.504 e. The van der Waals surface area contributed by atoms with Crippen LogP contribution >= 0.6 is 11.6 Å². The maximum absolute atomic E-state index is 11.4. The summed E-state index contributed by atoms with van der Waals surface area (Å²) >= 11 is 4.64. The Bertz CT molecular complexity index is 1260. The van der Waals surface area contributed by atoms with Crippen LogP contribution in [0, 0.1) is 6.92 Å². The molecule has 32 heavy (non-hydrogen) atoms. The highest BCUT2D eigenvalue weighted by molar-refractivity contribution is 6.62. The first-order valence-electron chi connectivity index (χ1n) is 9.10. The second-order valence-corrected chi connectivity index (χ2v) is 6.85. The van der Waals surface area contributed by atoms with E-state index in [2.05, 4.69) is 31.5 Å². The van der Waals surface area contributed by atoms with Crippen molar-refractivity contribution in [2.45, 2.75) is 13.8 Å². The Balaban J connectivity index is 0.000000195. The van der Waals surface area contributed by atoms with Gasteiger partial charge >= 0.3 is 0 Å². The molecule has 3 N–H and O–H groups in total. The minimum absolute atomic E-state index is 0.0708. The molecule has 0 fully saturated rings. The highest BCUT2D eigenvalue weighted by Crippen LogP contribution is 2.28. The van der Waals surface area contributed by atoms with Crippen LogP contribution in [0.15, 0.2) is 46.5 Å². The number of halogens is 1. The minimum atomic E-state index is -0.361. The topological polar surface area (TPSA) is 147 Å². The SMILES string of the molecule is CC(=O)Cl.COc1cc2nc[nH]c(=O)c2cc1C.COc1cc2nc[nH]c(=O)c2cc1O. The number of carbonyl (C=O) groups excluding carboxylic acids is 1. The van der Waals surface area contributed by atoms with Gasteiger partial charge in [0.05, 0.1) is 48.7 Å². The van der Waals surface area contributed by atoms with Gasteiger partial charge in [-0.05, 0) is 36.2 Å². The highest BCUT2D eigenvalue weighted by Gasteiger charge is 2.07. The highest BCUT2D eigenvalue weighted by atomic mass is 35.5. The first-order valence-corrected chi connectivity index (χ1v) is 9.48. The quantitative estimate of drug-likeness (QED) is 0.387. The number of phenols is 1. The number of carbonyl (C=O) groups is 1. The molecule has 0 spiro atoms. The van der Waals surface area contributed by atoms with Gasteiger partial charge in [-0.25, -0.2) is 9.97 Å². The summed E-state index contributed by atoms with van der Waals surface area (Å²) < 4.78 is 10.0. The number of aromatic nitrogens is 4. The van der Waals surface area contributed by atoms with Crippen LogP contribution in [0.1, 0.15) is 12.5 Å². The van der Waals surface area contributed by atoms with E-state index < -0.39 is 0 Å². The van der Waals surface area contributed by atoms with Gasteiger partial charge in [0.25, 0.3) is 11.1 Å². The van der Waals surface area contributed by atoms with Crippen LogP contribution in [0.2, 0.25) is 0 Å². The van der Waals surface area contributed by atoms with Crippen LogP contribution in [-0.4, -0.2) is 44.5 Å². The van der Waals surface area contributed by atoms with Gasteiger partial charge in [-0.1, -0.05) is 0 Å². The summed E-state index contributed by atoms with van der Waals surface area (Å²) in [7, 11) is 3.04. The maximum Gasteiger partial charge on any atom is 0.258 e. The third-order valence-electron chi connectivity index (χ3n) is 4.10. The first kappa shape index (κ1) is 24.4. The fourth-order valence-electron chi connectivity index (χ4n) is 2.67. The van der Waals surface area contributed by atoms with Gasteiger partial charge in [0.2, 0.25) is 5.24 Å². The molecule has 0 atom stereocenters. The molecule has 11 heteroatoms. The van der Waals surface area contributed by atoms with Crippen molar-refractivity contribution in [1.82, 2.24) is 19.9 Å². The molecule has 4 rings (SSSR count). The number of H-pyrrole nitrogens is 2. The molecule has 4 aromatic rings. The van der Waals surface area contributed by atoms with Crippen molar-refractivity contribution in [2.24, 2.45) is 0 Å². The molecule has 0 aliphatic carbocycles. The number of hydrogen-bond donors (Lipinski definition) is 3. The summed E-state index contributed by atoms with van der Waals surface area (Å²) in [6, 6.07) is 6.39. The van der Waals surface area contributed by atoms with Crippen molar-refractivity contribution in [2.75, 3.05) is 14.2 Å². The van der Waals surface area contributed by atoms with Gasteiger partial charge in [0, 0.05) is 19.1 Å². The van der Waals surface area contributed by atoms with Gasteiger partial charge in [0.1, 0.15) is 5.75 Å². The number of rotatable bonds is 2. The molecular weight excluding hydrogens is 440 g/mol. The normalized spacial score (nSPS) is 9.91. The smallest absolute Gasteiger partial charge is 0.258 e. The summed E-state index contributed by atoms with van der Waals surface area (Å²) in [6.07, 6.45) is 2.70. The largest absolute Gasteiger partial charge is 0.504 e. The maximum atomic E-state index is 11.4. The molecule has 10 nitrogen and oxygen atoms in total. The number of hydrogen-bond acceptors (Lipinski definition) is 8. The van der Waals surface area contributed by atoms with Crippen LogP contribution in [0.4, 0.5) is 0 Å². The molecule has 2 aromatic heterocycles. The number of nitrogens with zero attached hydrogens (tertiary/aromatic N) is 2. The zero-order valence-corrected chi connectivity index (χ0v) is 18.5. The second kappa shape index (κ2) is 10.9. The Hall–Kier alpha value is -3.92. The van der Waals surface area contributed by atoms with Crippen LogP contribution in [0.25, 0.3) is 21.8 Å². The lowest BCUT2D eigenvalue weighted by Crippen LogP contribution is -2.06. The molecule has 0 unspecified atom stereocenters. The van der Waals surface area contributed by atoms with E-state index >= 15 is 0 Å². The molecule has 168 valence electrons. The molecule has 0 bridgehead atoms. The van der Waals surface area contributed by atoms with Crippen molar-refractivity contribution >= 4 is 38.6 Å². The number of methoxy groups -OCH3 is 2. The second-order valence-electron chi connectivity index (χ2n) is 6.31. The Morgan fingerprint density at radius 3 is 1.81 bits per heavy atom. The molecule has 0 radical (unpaired) electrons. The number of benzene rings is 2. The van der Waals surface area contributed by atoms with E-state index in [1.807, 2.05) is 6.92 Å². The van der Waals surface area contributed by atoms with E-state index in [4.69, 9.17) is 9.47 Å². The van der Waals surface area contributed by atoms with Crippen LogP contribution in [-0.2, 0) is 4.79 Å². The Morgan fingerprint density at radius 2 is 1.34 bits per heavy atom. The molecule has 2 aromatic carbocycles. The van der Waals surface area contributed by atoms with Crippen molar-refractivity contribution in [1.29, 1.82) is 0 Å². The fraction of sp³-hybridized carbons (Fsp3) is 0.190. The Kier molecular flexibility index (Phi) is 8.31. The molecular formula is C21H21ClN4O6. The van der Waals surface area contributed by atoms with Gasteiger partial charge < -0.3 is 24.5 Å². The number of fused-ring (bicyclic) bond motifs is 2. The van der Waals surface area contributed by atoms with Gasteiger partial charge in [-0.2, -0.15) is 0 Å². The van der Waals surface area contributed by atoms with E-state index in [0.717, 1.165) is 11.3 Å². The molecule has 2 heterocycles. The van der Waals surface area contributed by atoms with Crippen molar-refractivity contribution < 1.29 is 19.4 Å². The van der Waals surface area contributed by atoms with E-state index in [0.29, 0.717) is 27.6 Å². The third-order valence-corrected chi connectivity index (χ3v) is 4.10. The van der Waals surface area contributed by atoms with Gasteiger partial charge in [-0.15, -0.1) is 0 Å². The van der Waals surface area contributed by atoms with Crippen molar-refractivity contribution in [3.05, 3.63) is 63.2 Å². The molecule has 0 aliphatic heterocycles. The summed E-state index contributed by atoms with van der Waals surface area (Å²) in [5, 5.41) is 9.99. The monoisotopic (exact) mass is 460 g/mol. The fourth-order valence-corrected chi connectivity index (χ4v) is 2.67. The average Bonchev–Trinajstić information content (AvgIpc) is 2.74. The van der Waals surface area contributed by atoms with Crippen LogP contribution < -0.4 is 20.6 Å². The van der Waals surface area contributed by atoms with Gasteiger partial charge in [-0.3, -0.25) is 14.4 Å². The standard InChI is InChI=1S/C10H10N2O2.C9H8N2O3.C2H3ClO/c1-6-3-7-8(4-9(6)14-2)11-5-12-10(7)13;1-14-8-3-6-5(2-7(8)12)9(13)11-4-10-6;1-2(3)4/h3-5H,1-2H3,(H,11,12,13);2-4,12H,1H3,(H,10,11,13);1H3. The number of aromatic hydroxyl groups is 1. The van der Waals surface area contributed by atoms with Crippen LogP contribution in [0.3, 0.4) is 0 Å². The number of aryl methyl sites for hydroxylation is 1. The van der Waals surface area contributed by atoms with Crippen molar-refractivity contribution in [3.63, 3.8) is 0 Å². The molecule has 0 amide bonds. The van der Waals surface area contributed by atoms with Crippen molar-refractivity contribution in [3.8, 4) is 17.2 Å². The summed E-state index contributed by atoms with van der Waals surface area (Å²) in [5.41, 5.74) is 1.66. The lowest BCUT2D eigenvalue weighted by molar-refractivity contribution is -0.109. The summed E-state index contributed by atoms with van der Waals surface area (Å²) in [4.78, 5) is 44.8. The average molecular weight is 461 g/mol. The molecule has 0 saturated heterocycles. The summed E-state index contributed by atoms with van der Waals surface area (Å²) in [5.74, 6) is 0.977. The lowest BCUT2D eigenvalue weighted by Gasteiger charge is -2.04. The van der Waals surface area contributed by atoms with Crippen LogP contribution in [0.5, 0.6) is 17.2 Å². The Morgan fingerprint density at radius 1 is 0.906 bits per heavy atom. The zero-order chi connectivity index (χ0) is 23.8. The van der Waals surface area contributed by atoms with E-state index in [-0.39, 0.29) is 22.1 Å². The first-order chi connectivity index (χ1) is 15.2. The number of ether oxygens (including phenoxy) is 2. The summed E-state index contributed by atoms with van der Waals surface area (Å²) in [6.45, 7) is 3.19. The number of nitrogens with one attached hydrogen (secondary N) is 2. The van der Waals surface area contributed by atoms with E-state index in [1.54, 1.807) is 19.2 Å². The molecule has 0 saturated carbocycles. The number of phenolic OH excluding ortho intramolecular Hbond substituents is 1. The number of aromatic amines is 2. The Labute approximate surface area is 186 Å². The predicted octanol–water partition coefficient (Wildman–Crippen LogP) is 2.65.